The van der Waals surface area contributed by atoms with Crippen LogP contribution in [-0.4, -0.2) is 34.2 Å². The molecule has 0 amide bonds. The molecule has 0 bridgehead atoms. The minimum absolute atomic E-state index is 0.113. The molecular formula is C11H12ClN5O. The molecule has 0 aliphatic carbocycles. The van der Waals surface area contributed by atoms with Gasteiger partial charge in [0.2, 0.25) is 0 Å². The van der Waals surface area contributed by atoms with Crippen LogP contribution in [-0.2, 0) is 11.3 Å². The Morgan fingerprint density at radius 3 is 2.89 bits per heavy atom. The van der Waals surface area contributed by atoms with Crippen molar-refractivity contribution in [1.82, 2.24) is 15.0 Å². The van der Waals surface area contributed by atoms with E-state index in [1.165, 1.54) is 11.9 Å². The van der Waals surface area contributed by atoms with Crippen molar-refractivity contribution in [2.75, 3.05) is 13.7 Å². The molecule has 1 aromatic heterocycles. The molecule has 0 spiro atoms. The zero-order valence-electron chi connectivity index (χ0n) is 9.80. The van der Waals surface area contributed by atoms with Crippen LogP contribution in [0, 0.1) is 11.3 Å². The highest BCUT2D eigenvalue weighted by Crippen LogP contribution is 2.16. The van der Waals surface area contributed by atoms with Crippen molar-refractivity contribution in [3.05, 3.63) is 23.2 Å². The Kier molecular flexibility index (Phi) is 3.48. The summed E-state index contributed by atoms with van der Waals surface area (Å²) in [4.78, 5) is 1.39. The molecule has 0 aliphatic heterocycles. The second-order valence-electron chi connectivity index (χ2n) is 4.06. The van der Waals surface area contributed by atoms with E-state index in [-0.39, 0.29) is 13.2 Å². The maximum atomic E-state index is 9.05. The fourth-order valence-electron chi connectivity index (χ4n) is 1.63. The number of nitrogens with two attached hydrogens (primary N) is 1. The van der Waals surface area contributed by atoms with Crippen molar-refractivity contribution in [2.45, 2.75) is 12.1 Å². The molecule has 0 saturated carbocycles. The molecule has 18 heavy (non-hydrogen) atoms. The van der Waals surface area contributed by atoms with Crippen molar-refractivity contribution < 1.29 is 4.74 Å². The summed E-state index contributed by atoms with van der Waals surface area (Å²) in [6, 6.07) is 7.22. The lowest BCUT2D eigenvalue weighted by atomic mass is 10.1. The third-order valence-corrected chi connectivity index (χ3v) is 2.67. The van der Waals surface area contributed by atoms with Crippen LogP contribution in [0.2, 0.25) is 5.02 Å². The number of hydrogen-bond donors (Lipinski definition) is 1. The van der Waals surface area contributed by atoms with Crippen molar-refractivity contribution >= 4 is 22.6 Å². The van der Waals surface area contributed by atoms with Gasteiger partial charge >= 0.3 is 0 Å². The fourth-order valence-corrected chi connectivity index (χ4v) is 1.79. The quantitative estimate of drug-likeness (QED) is 0.889. The molecule has 1 atom stereocenters. The van der Waals surface area contributed by atoms with Crippen LogP contribution in [0.15, 0.2) is 18.2 Å². The number of hydrogen-bond acceptors (Lipinski definition) is 5. The molecule has 1 aromatic carbocycles. The van der Waals surface area contributed by atoms with Gasteiger partial charge in [0.05, 0.1) is 19.2 Å². The van der Waals surface area contributed by atoms with Gasteiger partial charge < -0.3 is 10.5 Å². The molecule has 0 fully saturated rings. The molecule has 94 valence electrons. The highest BCUT2D eigenvalue weighted by atomic mass is 35.5. The fraction of sp³-hybridized carbons (Fsp3) is 0.364. The van der Waals surface area contributed by atoms with E-state index in [9.17, 15) is 0 Å². The van der Waals surface area contributed by atoms with Gasteiger partial charge in [0.15, 0.2) is 0 Å². The minimum atomic E-state index is -1.15. The Morgan fingerprint density at radius 2 is 2.22 bits per heavy atom. The maximum Gasteiger partial charge on any atom is 0.149 e. The Labute approximate surface area is 109 Å². The van der Waals surface area contributed by atoms with Gasteiger partial charge in [-0.3, -0.25) is 0 Å². The summed E-state index contributed by atoms with van der Waals surface area (Å²) >= 11 is 5.86. The van der Waals surface area contributed by atoms with Crippen molar-refractivity contribution in [3.8, 4) is 6.07 Å². The average molecular weight is 266 g/mol. The zero-order valence-corrected chi connectivity index (χ0v) is 10.6. The molecule has 1 heterocycles. The first-order valence-corrected chi connectivity index (χ1v) is 5.63. The van der Waals surface area contributed by atoms with E-state index in [4.69, 9.17) is 27.3 Å². The van der Waals surface area contributed by atoms with E-state index < -0.39 is 5.54 Å². The third kappa shape index (κ3) is 2.59. The number of ether oxygens (including phenoxy) is 1. The topological polar surface area (TPSA) is 89.8 Å². The van der Waals surface area contributed by atoms with Gasteiger partial charge in [0.25, 0.3) is 0 Å². The highest BCUT2D eigenvalue weighted by molar-refractivity contribution is 6.31. The normalized spacial score (nSPS) is 14.3. The largest absolute Gasteiger partial charge is 0.382 e. The Balaban J connectivity index is 2.29. The third-order valence-electron chi connectivity index (χ3n) is 2.43. The van der Waals surface area contributed by atoms with Gasteiger partial charge in [0, 0.05) is 12.1 Å². The molecule has 2 aromatic rings. The number of halogens is 1. The molecule has 0 aliphatic rings. The first-order valence-electron chi connectivity index (χ1n) is 5.26. The summed E-state index contributed by atoms with van der Waals surface area (Å²) in [7, 11) is 1.49. The van der Waals surface area contributed by atoms with Gasteiger partial charge in [-0.05, 0) is 18.2 Å². The van der Waals surface area contributed by atoms with Crippen molar-refractivity contribution in [2.24, 2.45) is 5.73 Å². The van der Waals surface area contributed by atoms with E-state index >= 15 is 0 Å². The summed E-state index contributed by atoms with van der Waals surface area (Å²) in [5.74, 6) is 0. The highest BCUT2D eigenvalue weighted by Gasteiger charge is 2.26. The summed E-state index contributed by atoms with van der Waals surface area (Å²) < 4.78 is 4.93. The molecule has 2 N–H and O–H groups in total. The van der Waals surface area contributed by atoms with E-state index in [0.29, 0.717) is 16.1 Å². The van der Waals surface area contributed by atoms with Crippen molar-refractivity contribution in [1.29, 1.82) is 5.26 Å². The molecule has 2 rings (SSSR count). The number of fused-ring (bicyclic) bond motifs is 1. The van der Waals surface area contributed by atoms with Crippen LogP contribution < -0.4 is 5.73 Å². The van der Waals surface area contributed by atoms with Crippen LogP contribution in [0.5, 0.6) is 0 Å². The van der Waals surface area contributed by atoms with Crippen LogP contribution in [0.3, 0.4) is 0 Å². The average Bonchev–Trinajstić information content (AvgIpc) is 2.70. The van der Waals surface area contributed by atoms with Crippen molar-refractivity contribution in [3.63, 3.8) is 0 Å². The molecule has 1 unspecified atom stereocenters. The van der Waals surface area contributed by atoms with E-state index in [1.54, 1.807) is 18.2 Å². The van der Waals surface area contributed by atoms with Gasteiger partial charge in [-0.2, -0.15) is 20.3 Å². The predicted octanol–water partition coefficient (Wildman–Crippen LogP) is 0.952. The summed E-state index contributed by atoms with van der Waals surface area (Å²) in [5, 5.41) is 18.1. The van der Waals surface area contributed by atoms with Gasteiger partial charge in [0.1, 0.15) is 16.6 Å². The molecule has 0 radical (unpaired) electrons. The van der Waals surface area contributed by atoms with Crippen LogP contribution >= 0.6 is 11.6 Å². The number of aromatic nitrogens is 3. The van der Waals surface area contributed by atoms with Crippen LogP contribution in [0.1, 0.15) is 0 Å². The summed E-state index contributed by atoms with van der Waals surface area (Å²) in [6.45, 7) is 0.270. The van der Waals surface area contributed by atoms with E-state index in [2.05, 4.69) is 10.2 Å². The van der Waals surface area contributed by atoms with E-state index in [0.717, 1.165) is 0 Å². The zero-order chi connectivity index (χ0) is 13.2. The second kappa shape index (κ2) is 4.90. The molecule has 7 heteroatoms. The number of methoxy groups -OCH3 is 1. The Morgan fingerprint density at radius 1 is 1.50 bits per heavy atom. The maximum absolute atomic E-state index is 9.05. The van der Waals surface area contributed by atoms with Crippen LogP contribution in [0.4, 0.5) is 0 Å². The standard InChI is InChI=1S/C11H12ClN5O/c1-18-7-11(14,5-13)6-17-15-9-3-2-8(12)4-10(9)16-17/h2-4H,6-7,14H2,1H3. The lowest BCUT2D eigenvalue weighted by Gasteiger charge is -2.18. The van der Waals surface area contributed by atoms with Crippen LogP contribution in [0.25, 0.3) is 11.0 Å². The first-order chi connectivity index (χ1) is 8.56. The first kappa shape index (κ1) is 12.8. The van der Waals surface area contributed by atoms with Gasteiger partial charge in [-0.1, -0.05) is 11.6 Å². The SMILES string of the molecule is COCC(N)(C#N)Cn1nc2ccc(Cl)cc2n1. The summed E-state index contributed by atoms with van der Waals surface area (Å²) in [6.07, 6.45) is 0. The molecule has 6 nitrogen and oxygen atoms in total. The smallest absolute Gasteiger partial charge is 0.149 e. The van der Waals surface area contributed by atoms with Gasteiger partial charge in [-0.15, -0.1) is 0 Å². The Bertz CT molecular complexity index is 605. The number of nitriles is 1. The summed E-state index contributed by atoms with van der Waals surface area (Å²) in [5.41, 5.74) is 6.11. The molecular weight excluding hydrogens is 254 g/mol. The predicted molar refractivity (Wildman–Crippen MR) is 66.9 cm³/mol. The second-order valence-corrected chi connectivity index (χ2v) is 4.50. The van der Waals surface area contributed by atoms with E-state index in [1.807, 2.05) is 6.07 Å². The number of benzene rings is 1. The molecule has 0 saturated heterocycles. The number of rotatable bonds is 4. The lowest BCUT2D eigenvalue weighted by molar-refractivity contribution is 0.143. The minimum Gasteiger partial charge on any atom is -0.382 e. The van der Waals surface area contributed by atoms with Gasteiger partial charge in [-0.25, -0.2) is 0 Å². The number of nitrogens with zero attached hydrogens (tertiary/aromatic N) is 4. The Hall–Kier alpha value is -1.68. The lowest BCUT2D eigenvalue weighted by Crippen LogP contribution is -2.47. The monoisotopic (exact) mass is 265 g/mol.